The fourth-order valence-corrected chi connectivity index (χ4v) is 3.41. The van der Waals surface area contributed by atoms with Gasteiger partial charge in [0.25, 0.3) is 0 Å². The molecule has 0 unspecified atom stereocenters. The van der Waals surface area contributed by atoms with E-state index in [1.54, 1.807) is 0 Å². The molecule has 8 nitrogen and oxygen atoms in total. The monoisotopic (exact) mass is 431 g/mol. The molecule has 0 aliphatic carbocycles. The predicted molar refractivity (Wildman–Crippen MR) is 106 cm³/mol. The fourth-order valence-electron chi connectivity index (χ4n) is 3.41. The molecule has 0 fully saturated rings. The van der Waals surface area contributed by atoms with Gasteiger partial charge < -0.3 is 15.0 Å². The van der Waals surface area contributed by atoms with Crippen molar-refractivity contribution in [3.63, 3.8) is 0 Å². The molecule has 11 heteroatoms. The van der Waals surface area contributed by atoms with Crippen LogP contribution in [0.1, 0.15) is 11.1 Å². The van der Waals surface area contributed by atoms with Gasteiger partial charge in [0.2, 0.25) is 11.6 Å². The number of fused-ring (bicyclic) bond motifs is 1. The normalized spacial score (nSPS) is 13.5. The molecule has 0 spiro atoms. The van der Waals surface area contributed by atoms with Crippen LogP contribution < -0.4 is 15.0 Å². The zero-order valence-corrected chi connectivity index (χ0v) is 16.0. The number of nitrogens with zero attached hydrogens (tertiary/aromatic N) is 4. The number of aromatic nitrogens is 2. The van der Waals surface area contributed by atoms with Crippen molar-refractivity contribution in [2.45, 2.75) is 19.3 Å². The maximum atomic E-state index is 12.3. The van der Waals surface area contributed by atoms with E-state index in [1.165, 1.54) is 24.0 Å². The first-order valence-electron chi connectivity index (χ1n) is 9.24. The lowest BCUT2D eigenvalue weighted by Crippen LogP contribution is -2.31. The zero-order valence-electron chi connectivity index (χ0n) is 16.0. The smallest absolute Gasteiger partial charge is 0.406 e. The van der Waals surface area contributed by atoms with Gasteiger partial charge in [0.1, 0.15) is 12.1 Å². The molecule has 0 atom stereocenters. The Balaban J connectivity index is 1.60. The number of benzene rings is 2. The molecule has 3 aromatic rings. The maximum Gasteiger partial charge on any atom is 0.573 e. The molecule has 4 rings (SSSR count). The van der Waals surface area contributed by atoms with Crippen molar-refractivity contribution in [1.82, 2.24) is 9.97 Å². The standard InChI is InChI=1S/C20H16F3N5O3/c21-20(22,23)31-16-7-5-15(6-8-16)26-18-17(28(29)30)19(25-12-24-18)27-10-9-13-3-1-2-4-14(13)11-27/h1-8,12H,9-11H2,(H,24,25,26). The molecule has 1 N–H and O–H groups in total. The van der Waals surface area contributed by atoms with E-state index >= 15 is 0 Å². The first-order valence-corrected chi connectivity index (χ1v) is 9.24. The summed E-state index contributed by atoms with van der Waals surface area (Å²) in [6.45, 7) is 1.02. The van der Waals surface area contributed by atoms with Crippen molar-refractivity contribution in [2.75, 3.05) is 16.8 Å². The Bertz CT molecular complexity index is 1110. The molecule has 1 aliphatic rings. The average Bonchev–Trinajstić information content (AvgIpc) is 2.73. The van der Waals surface area contributed by atoms with E-state index in [0.29, 0.717) is 18.8 Å². The summed E-state index contributed by atoms with van der Waals surface area (Å²) in [5.74, 6) is -0.282. The highest BCUT2D eigenvalue weighted by Gasteiger charge is 2.31. The van der Waals surface area contributed by atoms with Gasteiger partial charge >= 0.3 is 12.0 Å². The molecule has 1 aliphatic heterocycles. The first-order chi connectivity index (χ1) is 14.8. The van der Waals surface area contributed by atoms with Gasteiger partial charge in [-0.2, -0.15) is 0 Å². The van der Waals surface area contributed by atoms with Crippen LogP contribution in [0.2, 0.25) is 0 Å². The van der Waals surface area contributed by atoms with Crippen LogP contribution >= 0.6 is 0 Å². The number of ether oxygens (including phenoxy) is 1. The summed E-state index contributed by atoms with van der Waals surface area (Å²) in [5, 5.41) is 14.6. The molecule has 0 bridgehead atoms. The Morgan fingerprint density at radius 3 is 2.45 bits per heavy atom. The topological polar surface area (TPSA) is 93.4 Å². The lowest BCUT2D eigenvalue weighted by atomic mass is 10.00. The van der Waals surface area contributed by atoms with Crippen LogP contribution in [0.4, 0.5) is 36.2 Å². The number of anilines is 3. The number of rotatable bonds is 5. The Labute approximate surface area is 174 Å². The van der Waals surface area contributed by atoms with E-state index < -0.39 is 17.0 Å². The van der Waals surface area contributed by atoms with E-state index in [0.717, 1.165) is 24.1 Å². The summed E-state index contributed by atoms with van der Waals surface area (Å²) in [6, 6.07) is 12.7. The Kier molecular flexibility index (Phi) is 5.32. The molecule has 0 saturated heterocycles. The molecule has 31 heavy (non-hydrogen) atoms. The molecular weight excluding hydrogens is 415 g/mol. The predicted octanol–water partition coefficient (Wildman–Crippen LogP) is 4.59. The lowest BCUT2D eigenvalue weighted by Gasteiger charge is -2.29. The summed E-state index contributed by atoms with van der Waals surface area (Å²) in [5.41, 5.74) is 2.26. The molecule has 1 aromatic heterocycles. The lowest BCUT2D eigenvalue weighted by molar-refractivity contribution is -0.383. The van der Waals surface area contributed by atoms with Gasteiger partial charge in [0, 0.05) is 18.8 Å². The molecular formula is C20H16F3N5O3. The highest BCUT2D eigenvalue weighted by atomic mass is 19.4. The van der Waals surface area contributed by atoms with Gasteiger partial charge in [-0.05, 0) is 41.8 Å². The average molecular weight is 431 g/mol. The Morgan fingerprint density at radius 2 is 1.77 bits per heavy atom. The van der Waals surface area contributed by atoms with Crippen molar-refractivity contribution in [3.05, 3.63) is 76.1 Å². The molecule has 2 aromatic carbocycles. The van der Waals surface area contributed by atoms with Gasteiger partial charge in [-0.3, -0.25) is 10.1 Å². The maximum absolute atomic E-state index is 12.3. The van der Waals surface area contributed by atoms with Crippen LogP contribution in [0, 0.1) is 10.1 Å². The zero-order chi connectivity index (χ0) is 22.0. The Hall–Kier alpha value is -3.89. The minimum Gasteiger partial charge on any atom is -0.406 e. The van der Waals surface area contributed by atoms with Crippen LogP contribution in [0.5, 0.6) is 5.75 Å². The van der Waals surface area contributed by atoms with Crippen molar-refractivity contribution in [1.29, 1.82) is 0 Å². The van der Waals surface area contributed by atoms with Crippen molar-refractivity contribution in [3.8, 4) is 5.75 Å². The second-order valence-electron chi connectivity index (χ2n) is 6.79. The number of hydrogen-bond acceptors (Lipinski definition) is 7. The minimum absolute atomic E-state index is 0.0571. The SMILES string of the molecule is O=[N+]([O-])c1c(Nc2ccc(OC(F)(F)F)cc2)ncnc1N1CCc2ccccc2C1. The summed E-state index contributed by atoms with van der Waals surface area (Å²) in [4.78, 5) is 21.2. The van der Waals surface area contributed by atoms with Gasteiger partial charge in [0.05, 0.1) is 4.92 Å². The van der Waals surface area contributed by atoms with Crippen LogP contribution in [0.3, 0.4) is 0 Å². The number of nitro groups is 1. The molecule has 0 radical (unpaired) electrons. The number of halogens is 3. The quantitative estimate of drug-likeness (QED) is 0.467. The van der Waals surface area contributed by atoms with Crippen LogP contribution in [0.15, 0.2) is 54.9 Å². The van der Waals surface area contributed by atoms with E-state index in [9.17, 15) is 23.3 Å². The second-order valence-corrected chi connectivity index (χ2v) is 6.79. The van der Waals surface area contributed by atoms with Crippen molar-refractivity contribution < 1.29 is 22.8 Å². The summed E-state index contributed by atoms with van der Waals surface area (Å²) < 4.78 is 40.8. The van der Waals surface area contributed by atoms with Crippen LogP contribution in [-0.4, -0.2) is 27.8 Å². The molecule has 160 valence electrons. The second kappa shape index (κ2) is 8.09. The third-order valence-electron chi connectivity index (χ3n) is 4.77. The third-order valence-corrected chi connectivity index (χ3v) is 4.77. The first kappa shape index (κ1) is 20.4. The molecule has 2 heterocycles. The minimum atomic E-state index is -4.80. The van der Waals surface area contributed by atoms with E-state index in [-0.39, 0.29) is 17.3 Å². The van der Waals surface area contributed by atoms with Crippen molar-refractivity contribution in [2.24, 2.45) is 0 Å². The number of nitrogens with one attached hydrogen (secondary N) is 1. The largest absolute Gasteiger partial charge is 0.573 e. The third kappa shape index (κ3) is 4.65. The van der Waals surface area contributed by atoms with Gasteiger partial charge in [-0.15, -0.1) is 13.2 Å². The summed E-state index contributed by atoms with van der Waals surface area (Å²) in [7, 11) is 0. The highest BCUT2D eigenvalue weighted by Crippen LogP contribution is 2.36. The molecule has 0 amide bonds. The summed E-state index contributed by atoms with van der Waals surface area (Å²) in [6.07, 6.45) is -2.87. The number of alkyl halides is 3. The van der Waals surface area contributed by atoms with Crippen LogP contribution in [0.25, 0.3) is 0 Å². The van der Waals surface area contributed by atoms with E-state index in [1.807, 2.05) is 29.2 Å². The highest BCUT2D eigenvalue weighted by molar-refractivity contribution is 5.74. The van der Waals surface area contributed by atoms with Crippen molar-refractivity contribution >= 4 is 23.0 Å². The molecule has 0 saturated carbocycles. The van der Waals surface area contributed by atoms with E-state index in [4.69, 9.17) is 0 Å². The Morgan fingerprint density at radius 1 is 1.06 bits per heavy atom. The summed E-state index contributed by atoms with van der Waals surface area (Å²) >= 11 is 0. The fraction of sp³-hybridized carbons (Fsp3) is 0.200. The van der Waals surface area contributed by atoms with Crippen LogP contribution in [-0.2, 0) is 13.0 Å². The van der Waals surface area contributed by atoms with E-state index in [2.05, 4.69) is 20.0 Å². The van der Waals surface area contributed by atoms with Gasteiger partial charge in [0.15, 0.2) is 0 Å². The van der Waals surface area contributed by atoms with Gasteiger partial charge in [-0.1, -0.05) is 24.3 Å². The number of hydrogen-bond donors (Lipinski definition) is 1. The van der Waals surface area contributed by atoms with Gasteiger partial charge in [-0.25, -0.2) is 9.97 Å².